The van der Waals surface area contributed by atoms with Crippen LogP contribution in [-0.4, -0.2) is 72.7 Å². The summed E-state index contributed by atoms with van der Waals surface area (Å²) < 4.78 is 5.42. The zero-order valence-corrected chi connectivity index (χ0v) is 16.1. The van der Waals surface area contributed by atoms with Crippen LogP contribution in [-0.2, 0) is 14.3 Å². The minimum absolute atomic E-state index is 0.0333. The normalized spacial score (nSPS) is 26.7. The molecule has 1 aliphatic carbocycles. The van der Waals surface area contributed by atoms with Crippen LogP contribution in [0.15, 0.2) is 0 Å². The number of likely N-dealkylation sites (N-methyl/N-ethyl adjacent to an activating group) is 1. The average molecular weight is 367 g/mol. The Morgan fingerprint density at radius 2 is 1.81 bits per heavy atom. The van der Waals surface area contributed by atoms with E-state index in [4.69, 9.17) is 4.74 Å². The van der Waals surface area contributed by atoms with Crippen LogP contribution >= 0.6 is 0 Å². The number of ether oxygens (including phenoxy) is 1. The number of aliphatic hydroxyl groups excluding tert-OH is 1. The first-order chi connectivity index (χ1) is 12.6. The lowest BCUT2D eigenvalue weighted by Gasteiger charge is -2.40. The van der Waals surface area contributed by atoms with E-state index in [1.807, 2.05) is 11.9 Å². The highest BCUT2D eigenvalue weighted by Gasteiger charge is 2.41. The zero-order valence-electron chi connectivity index (χ0n) is 16.1. The van der Waals surface area contributed by atoms with Crippen molar-refractivity contribution in [1.29, 1.82) is 0 Å². The van der Waals surface area contributed by atoms with Crippen molar-refractivity contribution in [2.24, 2.45) is 11.3 Å². The molecule has 1 N–H and O–H groups in total. The first-order valence-corrected chi connectivity index (χ1v) is 10.3. The van der Waals surface area contributed by atoms with Crippen LogP contribution in [0, 0.1) is 11.3 Å². The van der Waals surface area contributed by atoms with E-state index in [1.165, 1.54) is 6.42 Å². The number of carbonyl (C=O) groups excluding carboxylic acids is 2. The van der Waals surface area contributed by atoms with Crippen LogP contribution < -0.4 is 0 Å². The summed E-state index contributed by atoms with van der Waals surface area (Å²) in [5, 5.41) is 9.89. The third-order valence-electron chi connectivity index (χ3n) is 6.61. The Labute approximate surface area is 156 Å². The fraction of sp³-hybridized carbons (Fsp3) is 0.900. The number of hydrogen-bond acceptors (Lipinski definition) is 4. The van der Waals surface area contributed by atoms with Gasteiger partial charge in [-0.2, -0.15) is 0 Å². The number of rotatable bonds is 5. The Bertz CT molecular complexity index is 498. The van der Waals surface area contributed by atoms with Gasteiger partial charge in [-0.3, -0.25) is 9.59 Å². The topological polar surface area (TPSA) is 70.1 Å². The molecule has 3 fully saturated rings. The van der Waals surface area contributed by atoms with Crippen LogP contribution in [0.1, 0.15) is 57.8 Å². The molecule has 2 amide bonds. The molecule has 2 aliphatic heterocycles. The fourth-order valence-corrected chi connectivity index (χ4v) is 4.88. The quantitative estimate of drug-likeness (QED) is 0.806. The molecule has 6 heteroatoms. The summed E-state index contributed by atoms with van der Waals surface area (Å²) in [5.74, 6) is 0.338. The van der Waals surface area contributed by atoms with Gasteiger partial charge in [-0.1, -0.05) is 19.3 Å². The second-order valence-corrected chi connectivity index (χ2v) is 8.49. The van der Waals surface area contributed by atoms with Crippen LogP contribution in [0.25, 0.3) is 0 Å². The summed E-state index contributed by atoms with van der Waals surface area (Å²) in [6.45, 7) is 2.59. The van der Waals surface area contributed by atoms with Crippen molar-refractivity contribution < 1.29 is 19.4 Å². The minimum Gasteiger partial charge on any atom is -0.396 e. The molecule has 0 bridgehead atoms. The molecule has 1 atom stereocenters. The molecular formula is C20H34N2O4. The summed E-state index contributed by atoms with van der Waals surface area (Å²) in [4.78, 5) is 29.6. The van der Waals surface area contributed by atoms with Crippen LogP contribution in [0.4, 0.5) is 0 Å². The Hall–Kier alpha value is -1.14. The highest BCUT2D eigenvalue weighted by atomic mass is 16.5. The number of likely N-dealkylation sites (tertiary alicyclic amines) is 1. The predicted molar refractivity (Wildman–Crippen MR) is 98.5 cm³/mol. The minimum atomic E-state index is -0.315. The number of amides is 2. The van der Waals surface area contributed by atoms with Gasteiger partial charge >= 0.3 is 0 Å². The van der Waals surface area contributed by atoms with Crippen LogP contribution in [0.3, 0.4) is 0 Å². The molecule has 0 aromatic heterocycles. The second-order valence-electron chi connectivity index (χ2n) is 8.49. The summed E-state index contributed by atoms with van der Waals surface area (Å²) in [7, 11) is 1.82. The van der Waals surface area contributed by atoms with E-state index in [0.29, 0.717) is 26.3 Å². The number of hydrogen-bond donors (Lipinski definition) is 1. The largest absolute Gasteiger partial charge is 0.396 e. The first kappa shape index (κ1) is 19.6. The van der Waals surface area contributed by atoms with Gasteiger partial charge in [0.15, 0.2) is 0 Å². The van der Waals surface area contributed by atoms with Gasteiger partial charge < -0.3 is 19.6 Å². The van der Waals surface area contributed by atoms with Gasteiger partial charge in [0.25, 0.3) is 0 Å². The molecule has 0 aromatic rings. The van der Waals surface area contributed by atoms with Gasteiger partial charge in [0, 0.05) is 44.7 Å². The molecular weight excluding hydrogens is 332 g/mol. The summed E-state index contributed by atoms with van der Waals surface area (Å²) in [5.41, 5.74) is -0.264. The molecule has 0 spiro atoms. The molecule has 0 aromatic carbocycles. The van der Waals surface area contributed by atoms with Crippen molar-refractivity contribution >= 4 is 11.8 Å². The van der Waals surface area contributed by atoms with Gasteiger partial charge in [-0.05, 0) is 38.5 Å². The molecule has 3 rings (SSSR count). The van der Waals surface area contributed by atoms with Crippen LogP contribution in [0.5, 0.6) is 0 Å². The highest BCUT2D eigenvalue weighted by molar-refractivity contribution is 5.89. The average Bonchev–Trinajstić information content (AvgIpc) is 3.18. The van der Waals surface area contributed by atoms with Gasteiger partial charge in [-0.25, -0.2) is 0 Å². The molecule has 0 radical (unpaired) electrons. The van der Waals surface area contributed by atoms with Gasteiger partial charge in [0.1, 0.15) is 6.04 Å². The van der Waals surface area contributed by atoms with Crippen molar-refractivity contribution in [3.8, 4) is 0 Å². The van der Waals surface area contributed by atoms with E-state index in [1.54, 1.807) is 4.90 Å². The lowest BCUT2D eigenvalue weighted by Crippen LogP contribution is -2.52. The van der Waals surface area contributed by atoms with E-state index >= 15 is 0 Å². The van der Waals surface area contributed by atoms with E-state index in [-0.39, 0.29) is 35.8 Å². The van der Waals surface area contributed by atoms with E-state index in [2.05, 4.69) is 0 Å². The van der Waals surface area contributed by atoms with E-state index < -0.39 is 0 Å². The van der Waals surface area contributed by atoms with Crippen LogP contribution in [0.2, 0.25) is 0 Å². The predicted octanol–water partition coefficient (Wildman–Crippen LogP) is 1.81. The van der Waals surface area contributed by atoms with Gasteiger partial charge in [0.05, 0.1) is 6.61 Å². The maximum absolute atomic E-state index is 13.1. The number of aliphatic hydroxyl groups is 1. The third-order valence-corrected chi connectivity index (χ3v) is 6.61. The smallest absolute Gasteiger partial charge is 0.245 e. The van der Waals surface area contributed by atoms with Crippen molar-refractivity contribution in [3.63, 3.8) is 0 Å². The third kappa shape index (κ3) is 4.22. The molecule has 1 saturated carbocycles. The Balaban J connectivity index is 1.62. The van der Waals surface area contributed by atoms with E-state index in [9.17, 15) is 14.7 Å². The van der Waals surface area contributed by atoms with Crippen molar-refractivity contribution in [2.45, 2.75) is 63.8 Å². The molecule has 3 aliphatic rings. The van der Waals surface area contributed by atoms with Crippen molar-refractivity contribution in [1.82, 2.24) is 9.80 Å². The molecule has 2 saturated heterocycles. The lowest BCUT2D eigenvalue weighted by atomic mass is 9.80. The number of carbonyl (C=O) groups is 2. The zero-order chi connectivity index (χ0) is 18.6. The standard InChI is InChI=1S/C20H34N2O4/c1-21(14-20(15-23)9-12-26-13-10-20)19(25)17-8-5-11-22(17)18(24)16-6-3-2-4-7-16/h16-17,23H,2-15H2,1H3/t17-/m0/s1. The Morgan fingerprint density at radius 1 is 1.12 bits per heavy atom. The maximum atomic E-state index is 13.1. The van der Waals surface area contributed by atoms with Crippen molar-refractivity contribution in [3.05, 3.63) is 0 Å². The maximum Gasteiger partial charge on any atom is 0.245 e. The summed E-state index contributed by atoms with van der Waals surface area (Å²) in [6.07, 6.45) is 8.64. The molecule has 6 nitrogen and oxygen atoms in total. The SMILES string of the molecule is CN(CC1(CO)CCOCC1)C(=O)[C@@H]1CCCN1C(=O)C1CCCCC1. The summed E-state index contributed by atoms with van der Waals surface area (Å²) >= 11 is 0. The van der Waals surface area contributed by atoms with Crippen molar-refractivity contribution in [2.75, 3.05) is 40.0 Å². The molecule has 26 heavy (non-hydrogen) atoms. The first-order valence-electron chi connectivity index (χ1n) is 10.3. The number of nitrogens with zero attached hydrogens (tertiary/aromatic N) is 2. The highest BCUT2D eigenvalue weighted by Crippen LogP contribution is 2.32. The summed E-state index contributed by atoms with van der Waals surface area (Å²) in [6, 6.07) is -0.315. The van der Waals surface area contributed by atoms with E-state index in [0.717, 1.165) is 51.4 Å². The second kappa shape index (κ2) is 8.70. The van der Waals surface area contributed by atoms with Gasteiger partial charge in [0.2, 0.25) is 11.8 Å². The fourth-order valence-electron chi connectivity index (χ4n) is 4.88. The monoisotopic (exact) mass is 366 g/mol. The van der Waals surface area contributed by atoms with Gasteiger partial charge in [-0.15, -0.1) is 0 Å². The lowest BCUT2D eigenvalue weighted by molar-refractivity contribution is -0.147. The molecule has 148 valence electrons. The Morgan fingerprint density at radius 3 is 2.46 bits per heavy atom. The molecule has 2 heterocycles. The molecule has 0 unspecified atom stereocenters. The Kier molecular flexibility index (Phi) is 6.56.